The summed E-state index contributed by atoms with van der Waals surface area (Å²) in [6.45, 7) is 5.24. The van der Waals surface area contributed by atoms with Gasteiger partial charge in [0.15, 0.2) is 0 Å². The summed E-state index contributed by atoms with van der Waals surface area (Å²) in [6.07, 6.45) is 0.623. The molecule has 0 aromatic heterocycles. The number of halogens is 2. The molecule has 0 aliphatic carbocycles. The van der Waals surface area contributed by atoms with Gasteiger partial charge in [-0.05, 0) is 46.5 Å². The third-order valence-corrected chi connectivity index (χ3v) is 3.89. The number of aliphatic carboxylic acids is 1. The van der Waals surface area contributed by atoms with E-state index in [9.17, 15) is 14.0 Å². The third-order valence-electron chi connectivity index (χ3n) is 3.28. The fourth-order valence-corrected chi connectivity index (χ4v) is 2.11. The van der Waals surface area contributed by atoms with Gasteiger partial charge in [0.1, 0.15) is 11.9 Å². The highest BCUT2D eigenvalue weighted by Gasteiger charge is 2.25. The Balaban J connectivity index is 2.81. The molecule has 0 saturated carbocycles. The average Bonchev–Trinajstić information content (AvgIpc) is 2.41. The summed E-state index contributed by atoms with van der Waals surface area (Å²) in [5, 5.41) is 14.1. The lowest BCUT2D eigenvalue weighted by Gasteiger charge is -2.20. The number of rotatable bonds is 5. The van der Waals surface area contributed by atoms with Gasteiger partial charge in [-0.3, -0.25) is 0 Å². The molecule has 0 fully saturated rings. The Morgan fingerprint density at radius 1 is 1.43 bits per heavy atom. The SMILES string of the molecule is CCC(C)[C@H](NC(=O)Nc1cc(Br)c(F)cc1C)C(=O)O. The van der Waals surface area contributed by atoms with E-state index < -0.39 is 23.9 Å². The molecule has 0 bridgehead atoms. The van der Waals surface area contributed by atoms with Crippen LogP contribution in [0.25, 0.3) is 0 Å². The van der Waals surface area contributed by atoms with E-state index in [1.54, 1.807) is 13.8 Å². The fraction of sp³-hybridized carbons (Fsp3) is 0.429. The molecule has 1 unspecified atom stereocenters. The van der Waals surface area contributed by atoms with Gasteiger partial charge in [-0.2, -0.15) is 0 Å². The maximum absolute atomic E-state index is 13.3. The summed E-state index contributed by atoms with van der Waals surface area (Å²) >= 11 is 3.04. The predicted octanol–water partition coefficient (Wildman–Crippen LogP) is 3.52. The van der Waals surface area contributed by atoms with Crippen LogP contribution in [0.4, 0.5) is 14.9 Å². The zero-order valence-corrected chi connectivity index (χ0v) is 13.6. The number of anilines is 1. The van der Waals surface area contributed by atoms with E-state index in [-0.39, 0.29) is 10.4 Å². The Morgan fingerprint density at radius 3 is 2.57 bits per heavy atom. The number of hydrogen-bond donors (Lipinski definition) is 3. The maximum atomic E-state index is 13.3. The van der Waals surface area contributed by atoms with Gasteiger partial charge >= 0.3 is 12.0 Å². The van der Waals surface area contributed by atoms with Crippen LogP contribution >= 0.6 is 15.9 Å². The second kappa shape index (κ2) is 7.40. The first-order chi connectivity index (χ1) is 9.76. The van der Waals surface area contributed by atoms with Gasteiger partial charge in [0.2, 0.25) is 0 Å². The van der Waals surface area contributed by atoms with Crippen LogP contribution in [0, 0.1) is 18.7 Å². The summed E-state index contributed by atoms with van der Waals surface area (Å²) < 4.78 is 13.5. The summed E-state index contributed by atoms with van der Waals surface area (Å²) in [5.74, 6) is -1.72. The van der Waals surface area contributed by atoms with Crippen LogP contribution in [0.3, 0.4) is 0 Å². The monoisotopic (exact) mass is 360 g/mol. The highest BCUT2D eigenvalue weighted by atomic mass is 79.9. The van der Waals surface area contributed by atoms with Gasteiger partial charge in [0.05, 0.1) is 4.47 Å². The number of benzene rings is 1. The molecule has 2 amide bonds. The zero-order chi connectivity index (χ0) is 16.2. The first-order valence-electron chi connectivity index (χ1n) is 6.52. The molecule has 0 heterocycles. The zero-order valence-electron chi connectivity index (χ0n) is 12.0. The van der Waals surface area contributed by atoms with Gasteiger partial charge in [-0.15, -0.1) is 0 Å². The minimum atomic E-state index is -1.09. The maximum Gasteiger partial charge on any atom is 0.326 e. The fourth-order valence-electron chi connectivity index (χ4n) is 1.76. The van der Waals surface area contributed by atoms with E-state index in [2.05, 4.69) is 26.6 Å². The second-order valence-electron chi connectivity index (χ2n) is 4.88. The van der Waals surface area contributed by atoms with Crippen molar-refractivity contribution >= 4 is 33.6 Å². The van der Waals surface area contributed by atoms with E-state index in [0.29, 0.717) is 17.7 Å². The topological polar surface area (TPSA) is 78.4 Å². The van der Waals surface area contributed by atoms with Crippen LogP contribution < -0.4 is 10.6 Å². The van der Waals surface area contributed by atoms with E-state index in [1.165, 1.54) is 12.1 Å². The van der Waals surface area contributed by atoms with Crippen LogP contribution in [-0.2, 0) is 4.79 Å². The van der Waals surface area contributed by atoms with Gasteiger partial charge in [-0.1, -0.05) is 20.3 Å². The first kappa shape index (κ1) is 17.4. The molecule has 1 aromatic rings. The molecule has 116 valence electrons. The lowest BCUT2D eigenvalue weighted by atomic mass is 9.99. The molecule has 5 nitrogen and oxygen atoms in total. The molecule has 0 saturated heterocycles. The van der Waals surface area contributed by atoms with E-state index >= 15 is 0 Å². The number of urea groups is 1. The van der Waals surface area contributed by atoms with Gasteiger partial charge < -0.3 is 15.7 Å². The summed E-state index contributed by atoms with van der Waals surface area (Å²) in [5.41, 5.74) is 0.954. The minimum Gasteiger partial charge on any atom is -0.480 e. The Kier molecular flexibility index (Phi) is 6.14. The third kappa shape index (κ3) is 4.70. The summed E-state index contributed by atoms with van der Waals surface area (Å²) in [7, 11) is 0. The van der Waals surface area contributed by atoms with Crippen LogP contribution in [0.2, 0.25) is 0 Å². The number of carbonyl (C=O) groups is 2. The Labute approximate surface area is 131 Å². The molecule has 1 aromatic carbocycles. The van der Waals surface area contributed by atoms with Crippen molar-refractivity contribution in [3.63, 3.8) is 0 Å². The van der Waals surface area contributed by atoms with Crippen molar-refractivity contribution in [3.05, 3.63) is 28.0 Å². The molecule has 0 aliphatic rings. The number of carboxylic acid groups (broad SMARTS) is 1. The van der Waals surface area contributed by atoms with Gasteiger partial charge in [-0.25, -0.2) is 14.0 Å². The number of amides is 2. The molecule has 0 spiro atoms. The van der Waals surface area contributed by atoms with E-state index in [4.69, 9.17) is 5.11 Å². The molecule has 21 heavy (non-hydrogen) atoms. The molecule has 3 N–H and O–H groups in total. The molecular formula is C14H18BrFN2O3. The summed E-state index contributed by atoms with van der Waals surface area (Å²) in [6, 6.07) is 1.11. The van der Waals surface area contributed by atoms with Crippen molar-refractivity contribution in [2.45, 2.75) is 33.2 Å². The predicted molar refractivity (Wildman–Crippen MR) is 81.9 cm³/mol. The number of carbonyl (C=O) groups excluding carboxylic acids is 1. The molecule has 0 radical (unpaired) electrons. The highest BCUT2D eigenvalue weighted by molar-refractivity contribution is 9.10. The van der Waals surface area contributed by atoms with Gasteiger partial charge in [0, 0.05) is 5.69 Å². The molecule has 1 rings (SSSR count). The van der Waals surface area contributed by atoms with Gasteiger partial charge in [0.25, 0.3) is 0 Å². The molecule has 0 aliphatic heterocycles. The smallest absolute Gasteiger partial charge is 0.326 e. The van der Waals surface area contributed by atoms with Crippen LogP contribution in [-0.4, -0.2) is 23.1 Å². The number of hydrogen-bond acceptors (Lipinski definition) is 2. The standard InChI is InChI=1S/C14H18BrFN2O3/c1-4-7(2)12(13(19)20)18-14(21)17-11-6-9(15)10(16)5-8(11)3/h5-7,12H,4H2,1-3H3,(H,19,20)(H2,17,18,21)/t7?,12-/m0/s1. The molecule has 2 atom stereocenters. The van der Waals surface area contributed by atoms with Crippen molar-refractivity contribution in [3.8, 4) is 0 Å². The van der Waals surface area contributed by atoms with Crippen LogP contribution in [0.15, 0.2) is 16.6 Å². The lowest BCUT2D eigenvalue weighted by molar-refractivity contribution is -0.140. The number of nitrogens with one attached hydrogen (secondary N) is 2. The van der Waals surface area contributed by atoms with Crippen molar-refractivity contribution in [1.29, 1.82) is 0 Å². The lowest BCUT2D eigenvalue weighted by Crippen LogP contribution is -2.46. The van der Waals surface area contributed by atoms with Crippen LogP contribution in [0.1, 0.15) is 25.8 Å². The quantitative estimate of drug-likeness (QED) is 0.751. The Hall–Kier alpha value is -1.63. The van der Waals surface area contributed by atoms with Crippen molar-refractivity contribution in [2.24, 2.45) is 5.92 Å². The highest BCUT2D eigenvalue weighted by Crippen LogP contribution is 2.24. The van der Waals surface area contributed by atoms with Crippen molar-refractivity contribution in [2.75, 3.05) is 5.32 Å². The number of aryl methyl sites for hydroxylation is 1. The molecule has 7 heteroatoms. The largest absolute Gasteiger partial charge is 0.480 e. The normalized spacial score (nSPS) is 13.4. The summed E-state index contributed by atoms with van der Waals surface area (Å²) in [4.78, 5) is 23.1. The van der Waals surface area contributed by atoms with E-state index in [0.717, 1.165) is 0 Å². The van der Waals surface area contributed by atoms with Crippen molar-refractivity contribution < 1.29 is 19.1 Å². The molecular weight excluding hydrogens is 343 g/mol. The first-order valence-corrected chi connectivity index (χ1v) is 7.31. The average molecular weight is 361 g/mol. The number of carboxylic acids is 1. The Morgan fingerprint density at radius 2 is 2.05 bits per heavy atom. The van der Waals surface area contributed by atoms with Crippen molar-refractivity contribution in [1.82, 2.24) is 5.32 Å². The van der Waals surface area contributed by atoms with E-state index in [1.807, 2.05) is 6.92 Å². The minimum absolute atomic E-state index is 0.200. The Bertz CT molecular complexity index is 551. The van der Waals surface area contributed by atoms with Crippen LogP contribution in [0.5, 0.6) is 0 Å². The second-order valence-corrected chi connectivity index (χ2v) is 5.74.